The number of nitrogens with zero attached hydrogens (tertiary/aromatic N) is 1. The average molecular weight is 515 g/mol. The molecule has 3 N–H and O–H groups in total. The van der Waals surface area contributed by atoms with Crippen molar-refractivity contribution in [1.29, 1.82) is 0 Å². The molecule has 0 aliphatic carbocycles. The standard InChI is InChI=1S/C30H34N4O4/c1-5-37-26-18-24-25(19-27(26)38-6-2)33-30(36)28(24)29(21-10-8-7-9-11-21)32-22-12-14-23(15-13-22)34(20(3)35)17-16-31-4/h7-15,18-19,31-32H,5-6,16-17H2,1-4H3,(H,33,36). The Labute approximate surface area is 223 Å². The molecule has 0 bridgehead atoms. The van der Waals surface area contributed by atoms with Crippen molar-refractivity contribution in [1.82, 2.24) is 5.32 Å². The van der Waals surface area contributed by atoms with E-state index in [1.54, 1.807) is 11.8 Å². The molecule has 0 unspecified atom stereocenters. The minimum atomic E-state index is -0.214. The highest BCUT2D eigenvalue weighted by atomic mass is 16.5. The van der Waals surface area contributed by atoms with Crippen molar-refractivity contribution in [2.75, 3.05) is 48.9 Å². The van der Waals surface area contributed by atoms with Crippen LogP contribution < -0.4 is 30.3 Å². The van der Waals surface area contributed by atoms with E-state index in [1.807, 2.05) is 87.6 Å². The number of fused-ring (bicyclic) bond motifs is 1. The van der Waals surface area contributed by atoms with Crippen LogP contribution >= 0.6 is 0 Å². The lowest BCUT2D eigenvalue weighted by atomic mass is 9.99. The fourth-order valence-electron chi connectivity index (χ4n) is 4.41. The van der Waals surface area contributed by atoms with Crippen LogP contribution in [0.15, 0.2) is 66.7 Å². The maximum absolute atomic E-state index is 13.4. The summed E-state index contributed by atoms with van der Waals surface area (Å²) in [6.45, 7) is 7.60. The third-order valence-electron chi connectivity index (χ3n) is 6.15. The lowest BCUT2D eigenvalue weighted by Gasteiger charge is -2.22. The number of anilines is 3. The molecule has 38 heavy (non-hydrogen) atoms. The molecule has 0 radical (unpaired) electrons. The van der Waals surface area contributed by atoms with E-state index in [2.05, 4.69) is 16.0 Å². The summed E-state index contributed by atoms with van der Waals surface area (Å²) in [6, 6.07) is 21.0. The summed E-state index contributed by atoms with van der Waals surface area (Å²) < 4.78 is 11.6. The molecule has 1 aliphatic heterocycles. The van der Waals surface area contributed by atoms with Crippen molar-refractivity contribution in [3.63, 3.8) is 0 Å². The van der Waals surface area contributed by atoms with Gasteiger partial charge in [-0.05, 0) is 56.8 Å². The molecule has 1 aliphatic rings. The molecule has 3 aromatic rings. The molecular weight excluding hydrogens is 480 g/mol. The fraction of sp³-hybridized carbons (Fsp3) is 0.267. The predicted molar refractivity (Wildman–Crippen MR) is 153 cm³/mol. The second kappa shape index (κ2) is 12.3. The molecule has 8 heteroatoms. The van der Waals surface area contributed by atoms with Crippen LogP contribution in [0.4, 0.5) is 17.1 Å². The van der Waals surface area contributed by atoms with E-state index < -0.39 is 0 Å². The molecule has 0 spiro atoms. The number of rotatable bonds is 11. The Morgan fingerprint density at radius 2 is 1.61 bits per heavy atom. The van der Waals surface area contributed by atoms with Crippen molar-refractivity contribution in [2.24, 2.45) is 0 Å². The van der Waals surface area contributed by atoms with Gasteiger partial charge in [0.15, 0.2) is 11.5 Å². The van der Waals surface area contributed by atoms with Gasteiger partial charge in [-0.2, -0.15) is 0 Å². The van der Waals surface area contributed by atoms with E-state index in [0.29, 0.717) is 54.8 Å². The minimum absolute atomic E-state index is 0.0243. The zero-order valence-corrected chi connectivity index (χ0v) is 22.3. The second-order valence-corrected chi connectivity index (χ2v) is 8.73. The quantitative estimate of drug-likeness (QED) is 0.312. The van der Waals surface area contributed by atoms with Gasteiger partial charge in [0.2, 0.25) is 5.91 Å². The van der Waals surface area contributed by atoms with E-state index >= 15 is 0 Å². The lowest BCUT2D eigenvalue weighted by molar-refractivity contribution is -0.116. The van der Waals surface area contributed by atoms with Gasteiger partial charge in [-0.15, -0.1) is 0 Å². The van der Waals surface area contributed by atoms with E-state index in [9.17, 15) is 9.59 Å². The van der Waals surface area contributed by atoms with Gasteiger partial charge < -0.3 is 30.3 Å². The monoisotopic (exact) mass is 514 g/mol. The number of hydrogen-bond donors (Lipinski definition) is 3. The second-order valence-electron chi connectivity index (χ2n) is 8.73. The third kappa shape index (κ3) is 5.81. The molecule has 1 heterocycles. The van der Waals surface area contributed by atoms with Crippen molar-refractivity contribution in [3.8, 4) is 11.5 Å². The summed E-state index contributed by atoms with van der Waals surface area (Å²) >= 11 is 0. The first-order valence-electron chi connectivity index (χ1n) is 12.8. The van der Waals surface area contributed by atoms with Crippen LogP contribution in [-0.4, -0.2) is 45.2 Å². The Kier molecular flexibility index (Phi) is 8.66. The number of carbonyl (C=O) groups is 2. The first kappa shape index (κ1) is 26.8. The molecule has 0 aromatic heterocycles. The van der Waals surface area contributed by atoms with Crippen LogP contribution in [0.1, 0.15) is 31.9 Å². The maximum atomic E-state index is 13.4. The number of nitrogens with one attached hydrogen (secondary N) is 3. The summed E-state index contributed by atoms with van der Waals surface area (Å²) in [5.74, 6) is 0.940. The van der Waals surface area contributed by atoms with Gasteiger partial charge in [0.25, 0.3) is 5.91 Å². The van der Waals surface area contributed by atoms with E-state index in [-0.39, 0.29) is 11.8 Å². The van der Waals surface area contributed by atoms with Crippen LogP contribution in [0.25, 0.3) is 11.3 Å². The van der Waals surface area contributed by atoms with Crippen LogP contribution in [-0.2, 0) is 9.59 Å². The molecule has 8 nitrogen and oxygen atoms in total. The summed E-state index contributed by atoms with van der Waals surface area (Å²) in [4.78, 5) is 27.3. The van der Waals surface area contributed by atoms with Crippen LogP contribution in [0, 0.1) is 0 Å². The third-order valence-corrected chi connectivity index (χ3v) is 6.15. The number of likely N-dealkylation sites (N-methyl/N-ethyl adjacent to an activating group) is 1. The highest BCUT2D eigenvalue weighted by Crippen LogP contribution is 2.43. The molecule has 0 saturated carbocycles. The molecule has 4 rings (SSSR count). The summed E-state index contributed by atoms with van der Waals surface area (Å²) in [6.07, 6.45) is 0. The molecule has 0 saturated heterocycles. The summed E-state index contributed by atoms with van der Waals surface area (Å²) in [5, 5.41) is 9.53. The van der Waals surface area contributed by atoms with Gasteiger partial charge in [0, 0.05) is 43.0 Å². The van der Waals surface area contributed by atoms with Gasteiger partial charge in [-0.3, -0.25) is 9.59 Å². The highest BCUT2D eigenvalue weighted by Gasteiger charge is 2.30. The van der Waals surface area contributed by atoms with Crippen LogP contribution in [0.5, 0.6) is 11.5 Å². The highest BCUT2D eigenvalue weighted by molar-refractivity contribution is 6.37. The summed E-state index contributed by atoms with van der Waals surface area (Å²) in [7, 11) is 1.86. The van der Waals surface area contributed by atoms with Gasteiger partial charge in [-0.1, -0.05) is 30.3 Å². The Hall–Kier alpha value is -4.30. The zero-order valence-electron chi connectivity index (χ0n) is 22.3. The number of hydrogen-bond acceptors (Lipinski definition) is 6. The number of carbonyl (C=O) groups excluding carboxylic acids is 2. The molecule has 198 valence electrons. The van der Waals surface area contributed by atoms with Crippen molar-refractivity contribution >= 4 is 40.1 Å². The molecule has 0 fully saturated rings. The van der Waals surface area contributed by atoms with Crippen molar-refractivity contribution < 1.29 is 19.1 Å². The minimum Gasteiger partial charge on any atom is -0.490 e. The zero-order chi connectivity index (χ0) is 27.1. The first-order valence-corrected chi connectivity index (χ1v) is 12.8. The predicted octanol–water partition coefficient (Wildman–Crippen LogP) is 4.99. The number of ether oxygens (including phenoxy) is 2. The fourth-order valence-corrected chi connectivity index (χ4v) is 4.41. The van der Waals surface area contributed by atoms with Gasteiger partial charge >= 0.3 is 0 Å². The Morgan fingerprint density at radius 1 is 0.947 bits per heavy atom. The molecular formula is C30H34N4O4. The van der Waals surface area contributed by atoms with Crippen molar-refractivity contribution in [2.45, 2.75) is 20.8 Å². The smallest absolute Gasteiger partial charge is 0.258 e. The Balaban J connectivity index is 1.77. The number of amides is 2. The van der Waals surface area contributed by atoms with E-state index in [4.69, 9.17) is 9.47 Å². The molecule has 0 atom stereocenters. The van der Waals surface area contributed by atoms with Gasteiger partial charge in [-0.25, -0.2) is 0 Å². The Bertz CT molecular complexity index is 1320. The van der Waals surface area contributed by atoms with E-state index in [0.717, 1.165) is 22.5 Å². The average Bonchev–Trinajstić information content (AvgIpc) is 3.23. The molecule has 2 amide bonds. The summed E-state index contributed by atoms with van der Waals surface area (Å²) in [5.41, 5.74) is 5.04. The normalized spacial score (nSPS) is 13.4. The van der Waals surface area contributed by atoms with Crippen LogP contribution in [0.3, 0.4) is 0 Å². The maximum Gasteiger partial charge on any atom is 0.258 e. The molecule has 3 aromatic carbocycles. The largest absolute Gasteiger partial charge is 0.490 e. The van der Waals surface area contributed by atoms with Gasteiger partial charge in [0.1, 0.15) is 0 Å². The topological polar surface area (TPSA) is 91.9 Å². The Morgan fingerprint density at radius 3 is 2.21 bits per heavy atom. The van der Waals surface area contributed by atoms with Crippen molar-refractivity contribution in [3.05, 3.63) is 77.9 Å². The SMILES string of the molecule is CCOc1cc2c(cc1OCC)C(=C(Nc1ccc(N(CCNC)C(C)=O)cc1)c1ccccc1)C(=O)N2. The van der Waals surface area contributed by atoms with Crippen LogP contribution in [0.2, 0.25) is 0 Å². The van der Waals surface area contributed by atoms with E-state index in [1.165, 1.54) is 0 Å². The lowest BCUT2D eigenvalue weighted by Crippen LogP contribution is -2.34. The first-order chi connectivity index (χ1) is 18.5. The van der Waals surface area contributed by atoms with Gasteiger partial charge in [0.05, 0.1) is 30.2 Å². The number of benzene rings is 3.